The predicted octanol–water partition coefficient (Wildman–Crippen LogP) is -0.105. The third-order valence-corrected chi connectivity index (χ3v) is 1.36. The van der Waals surface area contributed by atoms with E-state index in [9.17, 15) is 9.59 Å². The topological polar surface area (TPSA) is 75.1 Å². The summed E-state index contributed by atoms with van der Waals surface area (Å²) in [4.78, 5) is 23.3. The minimum Gasteiger partial charge on any atom is -0.477 e. The molecule has 0 atom stereocenters. The molecule has 60 valence electrons. The fourth-order valence-electron chi connectivity index (χ4n) is 0.777. The Kier molecular flexibility index (Phi) is 1.80. The summed E-state index contributed by atoms with van der Waals surface area (Å²) in [7, 11) is 0. The monoisotopic (exact) mass is 156 g/mol. The highest BCUT2D eigenvalue weighted by molar-refractivity contribution is 5.84. The Labute approximate surface area is 62.3 Å². The molecule has 0 aliphatic heterocycles. The molecule has 0 fully saturated rings. The fraction of sp³-hybridized carbons (Fsp3) is 0.333. The molecular weight excluding hydrogens is 148 g/mol. The molecule has 5 nitrogen and oxygen atoms in total. The summed E-state index contributed by atoms with van der Waals surface area (Å²) < 4.78 is 1.30. The van der Waals surface area contributed by atoms with Gasteiger partial charge in [-0.3, -0.25) is 4.57 Å². The van der Waals surface area contributed by atoms with Crippen LogP contribution in [0.25, 0.3) is 0 Å². The second-order valence-corrected chi connectivity index (χ2v) is 2.06. The van der Waals surface area contributed by atoms with Crippen molar-refractivity contribution in [3.63, 3.8) is 0 Å². The first-order valence-corrected chi connectivity index (χ1v) is 3.18. The van der Waals surface area contributed by atoms with E-state index < -0.39 is 5.97 Å². The van der Waals surface area contributed by atoms with E-state index in [1.807, 2.05) is 0 Å². The Bertz CT molecular complexity index is 323. The molecule has 0 aliphatic rings. The number of aryl methyl sites for hydroxylation is 1. The Hall–Kier alpha value is -1.52. The van der Waals surface area contributed by atoms with Gasteiger partial charge in [-0.1, -0.05) is 0 Å². The number of aromatic carboxylic acids is 1. The van der Waals surface area contributed by atoms with Crippen LogP contribution in [0.1, 0.15) is 17.4 Å². The van der Waals surface area contributed by atoms with Gasteiger partial charge in [0.1, 0.15) is 5.69 Å². The molecule has 0 aromatic carbocycles. The standard InChI is InChI=1S/C6H8N2O3/c1-2-8-3-4(5(9)10)7-6(8)11/h3H,2H2,1H3,(H,7,11)(H,9,10). The second-order valence-electron chi connectivity index (χ2n) is 2.06. The van der Waals surface area contributed by atoms with Crippen molar-refractivity contribution in [2.24, 2.45) is 0 Å². The van der Waals surface area contributed by atoms with Gasteiger partial charge >= 0.3 is 11.7 Å². The largest absolute Gasteiger partial charge is 0.477 e. The van der Waals surface area contributed by atoms with Crippen molar-refractivity contribution in [3.05, 3.63) is 22.4 Å². The fourth-order valence-corrected chi connectivity index (χ4v) is 0.777. The number of nitrogens with one attached hydrogen (secondary N) is 1. The molecule has 0 amide bonds. The van der Waals surface area contributed by atoms with Crippen LogP contribution in [0.3, 0.4) is 0 Å². The zero-order valence-corrected chi connectivity index (χ0v) is 6.00. The quantitative estimate of drug-likeness (QED) is 0.627. The van der Waals surface area contributed by atoms with Crippen molar-refractivity contribution in [3.8, 4) is 0 Å². The molecule has 0 saturated heterocycles. The van der Waals surface area contributed by atoms with Crippen LogP contribution in [0.2, 0.25) is 0 Å². The lowest BCUT2D eigenvalue weighted by molar-refractivity contribution is 0.0691. The molecule has 2 N–H and O–H groups in total. The molecule has 0 aliphatic carbocycles. The summed E-state index contributed by atoms with van der Waals surface area (Å²) in [5.74, 6) is -1.12. The number of rotatable bonds is 2. The Balaban J connectivity index is 3.15. The number of carboxylic acids is 1. The third kappa shape index (κ3) is 1.31. The van der Waals surface area contributed by atoms with Gasteiger partial charge in [0.25, 0.3) is 0 Å². The SMILES string of the molecule is CCn1cc(C(=O)O)[nH]c1=O. The lowest BCUT2D eigenvalue weighted by atomic mass is 10.5. The van der Waals surface area contributed by atoms with Gasteiger partial charge in [-0.25, -0.2) is 9.59 Å². The Morgan fingerprint density at radius 1 is 1.82 bits per heavy atom. The van der Waals surface area contributed by atoms with E-state index in [0.717, 1.165) is 0 Å². The van der Waals surface area contributed by atoms with Gasteiger partial charge in [0.15, 0.2) is 0 Å². The van der Waals surface area contributed by atoms with Crippen molar-refractivity contribution in [1.29, 1.82) is 0 Å². The molecule has 0 spiro atoms. The van der Waals surface area contributed by atoms with E-state index in [0.29, 0.717) is 6.54 Å². The van der Waals surface area contributed by atoms with E-state index in [4.69, 9.17) is 5.11 Å². The Morgan fingerprint density at radius 2 is 2.45 bits per heavy atom. The molecule has 11 heavy (non-hydrogen) atoms. The maximum absolute atomic E-state index is 10.8. The van der Waals surface area contributed by atoms with Crippen LogP contribution in [0, 0.1) is 0 Å². The molecule has 1 aromatic rings. The number of aromatic amines is 1. The minimum absolute atomic E-state index is 0.0724. The van der Waals surface area contributed by atoms with Gasteiger partial charge in [-0.15, -0.1) is 0 Å². The van der Waals surface area contributed by atoms with Gasteiger partial charge in [-0.2, -0.15) is 0 Å². The van der Waals surface area contributed by atoms with Gasteiger partial charge in [0, 0.05) is 12.7 Å². The van der Waals surface area contributed by atoms with Crippen LogP contribution in [0.5, 0.6) is 0 Å². The molecule has 1 rings (SSSR count). The molecule has 0 radical (unpaired) electrons. The lowest BCUT2D eigenvalue weighted by Gasteiger charge is -1.88. The molecule has 1 aromatic heterocycles. The summed E-state index contributed by atoms with van der Waals surface area (Å²) in [5.41, 5.74) is -0.457. The molecule has 0 bridgehead atoms. The minimum atomic E-state index is -1.12. The second kappa shape index (κ2) is 2.61. The number of hydrogen-bond acceptors (Lipinski definition) is 2. The first-order chi connectivity index (χ1) is 5.15. The van der Waals surface area contributed by atoms with Crippen LogP contribution < -0.4 is 5.69 Å². The molecular formula is C6H8N2O3. The average Bonchev–Trinajstić information content (AvgIpc) is 2.31. The maximum Gasteiger partial charge on any atom is 0.353 e. The summed E-state index contributed by atoms with van der Waals surface area (Å²) in [6, 6.07) is 0. The normalized spacial score (nSPS) is 9.91. The average molecular weight is 156 g/mol. The molecule has 0 unspecified atom stereocenters. The number of aromatic nitrogens is 2. The summed E-state index contributed by atoms with van der Waals surface area (Å²) >= 11 is 0. The van der Waals surface area contributed by atoms with Gasteiger partial charge in [-0.05, 0) is 6.92 Å². The zero-order valence-electron chi connectivity index (χ0n) is 6.00. The third-order valence-electron chi connectivity index (χ3n) is 1.36. The maximum atomic E-state index is 10.8. The molecule has 1 heterocycles. The van der Waals surface area contributed by atoms with Crippen molar-refractivity contribution in [2.75, 3.05) is 0 Å². The van der Waals surface area contributed by atoms with E-state index >= 15 is 0 Å². The first-order valence-electron chi connectivity index (χ1n) is 3.18. The van der Waals surface area contributed by atoms with Gasteiger partial charge in [0.2, 0.25) is 0 Å². The number of H-pyrrole nitrogens is 1. The molecule has 0 saturated carbocycles. The van der Waals surface area contributed by atoms with Crippen LogP contribution in [0.15, 0.2) is 11.0 Å². The first kappa shape index (κ1) is 7.59. The van der Waals surface area contributed by atoms with Crippen LogP contribution >= 0.6 is 0 Å². The lowest BCUT2D eigenvalue weighted by Crippen LogP contribution is -2.14. The summed E-state index contributed by atoms with van der Waals surface area (Å²) in [6.45, 7) is 2.24. The Morgan fingerprint density at radius 3 is 2.73 bits per heavy atom. The zero-order chi connectivity index (χ0) is 8.43. The van der Waals surface area contributed by atoms with Crippen LogP contribution in [0.4, 0.5) is 0 Å². The summed E-state index contributed by atoms with van der Waals surface area (Å²) in [5, 5.41) is 8.43. The van der Waals surface area contributed by atoms with E-state index in [2.05, 4.69) is 4.98 Å². The highest BCUT2D eigenvalue weighted by Gasteiger charge is 2.06. The highest BCUT2D eigenvalue weighted by atomic mass is 16.4. The van der Waals surface area contributed by atoms with Crippen molar-refractivity contribution >= 4 is 5.97 Å². The smallest absolute Gasteiger partial charge is 0.353 e. The number of nitrogens with zero attached hydrogens (tertiary/aromatic N) is 1. The number of imidazole rings is 1. The van der Waals surface area contributed by atoms with Gasteiger partial charge < -0.3 is 10.1 Å². The van der Waals surface area contributed by atoms with E-state index in [-0.39, 0.29) is 11.4 Å². The van der Waals surface area contributed by atoms with E-state index in [1.165, 1.54) is 10.8 Å². The van der Waals surface area contributed by atoms with Crippen molar-refractivity contribution < 1.29 is 9.90 Å². The highest BCUT2D eigenvalue weighted by Crippen LogP contribution is 1.89. The van der Waals surface area contributed by atoms with Crippen molar-refractivity contribution in [2.45, 2.75) is 13.5 Å². The van der Waals surface area contributed by atoms with Crippen LogP contribution in [-0.2, 0) is 6.54 Å². The van der Waals surface area contributed by atoms with Crippen molar-refractivity contribution in [1.82, 2.24) is 9.55 Å². The number of hydrogen-bond donors (Lipinski definition) is 2. The van der Waals surface area contributed by atoms with Crippen LogP contribution in [-0.4, -0.2) is 20.6 Å². The van der Waals surface area contributed by atoms with Gasteiger partial charge in [0.05, 0.1) is 0 Å². The number of carbonyl (C=O) groups is 1. The molecule has 5 heteroatoms. The predicted molar refractivity (Wildman–Crippen MR) is 37.7 cm³/mol. The number of carboxylic acid groups (broad SMARTS) is 1. The van der Waals surface area contributed by atoms with E-state index in [1.54, 1.807) is 6.92 Å². The summed E-state index contributed by atoms with van der Waals surface area (Å²) in [6.07, 6.45) is 1.28.